The van der Waals surface area contributed by atoms with E-state index in [1.54, 1.807) is 0 Å². The lowest BCUT2D eigenvalue weighted by atomic mass is 9.93. The number of hydrogen-bond acceptors (Lipinski definition) is 4. The molecular weight excluding hydrogens is 615 g/mol. The number of benzene rings is 5. The second kappa shape index (κ2) is 12.4. The van der Waals surface area contributed by atoms with Gasteiger partial charge in [-0.05, 0) is 115 Å². The van der Waals surface area contributed by atoms with Crippen LogP contribution in [0, 0.1) is 0 Å². The van der Waals surface area contributed by atoms with Crippen molar-refractivity contribution in [3.05, 3.63) is 177 Å². The average molecular weight is 644 g/mol. The SMILES string of the molecule is c1cncc(-c2ccc(-c3cccc4c3sc3c(-c5ccc(-c6cc(-c7ccncc7)cc(-c7ccncc7)c6)cc5)cccc34)cc2)c1. The molecule has 0 spiro atoms. The van der Waals surface area contributed by atoms with Gasteiger partial charge in [-0.2, -0.15) is 0 Å². The molecule has 3 nitrogen and oxygen atoms in total. The summed E-state index contributed by atoms with van der Waals surface area (Å²) < 4.78 is 2.62. The molecule has 0 saturated carbocycles. The number of rotatable bonds is 6. The minimum atomic E-state index is 1.13. The van der Waals surface area contributed by atoms with E-state index in [-0.39, 0.29) is 0 Å². The van der Waals surface area contributed by atoms with Gasteiger partial charge in [-0.25, -0.2) is 0 Å². The number of hydrogen-bond donors (Lipinski definition) is 0. The summed E-state index contributed by atoms with van der Waals surface area (Å²) in [6, 6.07) is 50.3. The van der Waals surface area contributed by atoms with Crippen LogP contribution in [-0.4, -0.2) is 15.0 Å². The third-order valence-corrected chi connectivity index (χ3v) is 10.5. The van der Waals surface area contributed by atoms with E-state index in [1.165, 1.54) is 59.1 Å². The molecule has 9 aromatic rings. The average Bonchev–Trinajstić information content (AvgIpc) is 3.58. The molecular formula is C45H29N3S. The standard InChI is InChI=1S/C45H29N3S/c1-5-40(34-13-9-30(10-14-34)36-4-3-21-48-29-36)44-42(7-1)43-8-2-6-41(45(43)49-44)35-15-11-31(12-16-35)37-26-38(32-17-22-46-23-18-32)28-39(27-37)33-19-24-47-25-20-33/h1-29H. The molecule has 4 heterocycles. The van der Waals surface area contributed by atoms with Gasteiger partial charge in [0.15, 0.2) is 0 Å². The molecule has 0 amide bonds. The van der Waals surface area contributed by atoms with Gasteiger partial charge in [0.1, 0.15) is 0 Å². The van der Waals surface area contributed by atoms with Crippen molar-refractivity contribution in [1.82, 2.24) is 15.0 Å². The summed E-state index contributed by atoms with van der Waals surface area (Å²) in [6.07, 6.45) is 11.1. The summed E-state index contributed by atoms with van der Waals surface area (Å²) >= 11 is 1.88. The molecule has 9 rings (SSSR count). The van der Waals surface area contributed by atoms with Crippen LogP contribution in [0.4, 0.5) is 0 Å². The van der Waals surface area contributed by atoms with Gasteiger partial charge in [0, 0.05) is 57.4 Å². The summed E-state index contributed by atoms with van der Waals surface area (Å²) in [5, 5.41) is 2.59. The van der Waals surface area contributed by atoms with E-state index in [9.17, 15) is 0 Å². The van der Waals surface area contributed by atoms with Crippen LogP contribution in [0.15, 0.2) is 177 Å². The van der Waals surface area contributed by atoms with Crippen molar-refractivity contribution in [3.8, 4) is 66.8 Å². The van der Waals surface area contributed by atoms with Gasteiger partial charge < -0.3 is 0 Å². The Morgan fingerprint density at radius 3 is 1.18 bits per heavy atom. The van der Waals surface area contributed by atoms with Gasteiger partial charge in [0.05, 0.1) is 0 Å². The van der Waals surface area contributed by atoms with Crippen LogP contribution >= 0.6 is 11.3 Å². The number of pyridine rings is 3. The molecule has 0 aliphatic heterocycles. The predicted octanol–water partition coefficient (Wildman–Crippen LogP) is 12.2. The van der Waals surface area contributed by atoms with Crippen LogP contribution in [0.2, 0.25) is 0 Å². The van der Waals surface area contributed by atoms with Gasteiger partial charge in [0.25, 0.3) is 0 Å². The van der Waals surface area contributed by atoms with Crippen molar-refractivity contribution in [2.24, 2.45) is 0 Å². The highest BCUT2D eigenvalue weighted by Gasteiger charge is 2.15. The third kappa shape index (κ3) is 5.48. The Labute approximate surface area is 288 Å². The van der Waals surface area contributed by atoms with Crippen molar-refractivity contribution in [1.29, 1.82) is 0 Å². The molecule has 49 heavy (non-hydrogen) atoms. The van der Waals surface area contributed by atoms with Crippen LogP contribution in [0.1, 0.15) is 0 Å². The predicted molar refractivity (Wildman–Crippen MR) is 205 cm³/mol. The Morgan fingerprint density at radius 1 is 0.306 bits per heavy atom. The largest absolute Gasteiger partial charge is 0.265 e. The van der Waals surface area contributed by atoms with Crippen molar-refractivity contribution < 1.29 is 0 Å². The Hall–Kier alpha value is -6.23. The summed E-state index contributed by atoms with van der Waals surface area (Å²) in [6.45, 7) is 0. The molecule has 0 atom stereocenters. The second-order valence-electron chi connectivity index (χ2n) is 12.1. The molecule has 5 aromatic carbocycles. The first-order valence-electron chi connectivity index (χ1n) is 16.3. The minimum Gasteiger partial charge on any atom is -0.265 e. The fourth-order valence-electron chi connectivity index (χ4n) is 6.71. The monoisotopic (exact) mass is 643 g/mol. The summed E-state index contributed by atoms with van der Waals surface area (Å²) in [4.78, 5) is 12.7. The zero-order valence-electron chi connectivity index (χ0n) is 26.5. The molecule has 0 saturated heterocycles. The maximum absolute atomic E-state index is 4.29. The lowest BCUT2D eigenvalue weighted by Gasteiger charge is -2.12. The van der Waals surface area contributed by atoms with Crippen LogP contribution in [0.5, 0.6) is 0 Å². The summed E-state index contributed by atoms with van der Waals surface area (Å²) in [5.41, 5.74) is 14.2. The van der Waals surface area contributed by atoms with E-state index >= 15 is 0 Å². The van der Waals surface area contributed by atoms with Gasteiger partial charge in [0.2, 0.25) is 0 Å². The van der Waals surface area contributed by atoms with E-state index < -0.39 is 0 Å². The molecule has 0 fully saturated rings. The van der Waals surface area contributed by atoms with Gasteiger partial charge in [-0.3, -0.25) is 15.0 Å². The Bertz CT molecular complexity index is 2500. The first kappa shape index (κ1) is 29.0. The molecule has 0 unspecified atom stereocenters. The maximum atomic E-state index is 4.29. The van der Waals surface area contributed by atoms with Crippen LogP contribution < -0.4 is 0 Å². The molecule has 0 aliphatic carbocycles. The fourth-order valence-corrected chi connectivity index (χ4v) is 8.08. The van der Waals surface area contributed by atoms with Crippen LogP contribution in [0.25, 0.3) is 86.9 Å². The maximum Gasteiger partial charge on any atom is 0.0434 e. The van der Waals surface area contributed by atoms with E-state index in [0.717, 1.165) is 27.8 Å². The van der Waals surface area contributed by atoms with Crippen LogP contribution in [0.3, 0.4) is 0 Å². The smallest absolute Gasteiger partial charge is 0.0434 e. The van der Waals surface area contributed by atoms with Crippen LogP contribution in [-0.2, 0) is 0 Å². The van der Waals surface area contributed by atoms with E-state index in [1.807, 2.05) is 54.6 Å². The van der Waals surface area contributed by atoms with Crippen molar-refractivity contribution >= 4 is 31.5 Å². The first-order chi connectivity index (χ1) is 24.3. The Balaban J connectivity index is 1.10. The van der Waals surface area contributed by atoms with Gasteiger partial charge in [-0.1, -0.05) is 91.0 Å². The van der Waals surface area contributed by atoms with E-state index in [2.05, 4.69) is 148 Å². The van der Waals surface area contributed by atoms with Crippen molar-refractivity contribution in [2.45, 2.75) is 0 Å². The number of thiophene rings is 1. The zero-order chi connectivity index (χ0) is 32.6. The topological polar surface area (TPSA) is 38.7 Å². The fraction of sp³-hybridized carbons (Fsp3) is 0. The zero-order valence-corrected chi connectivity index (χ0v) is 27.3. The molecule has 0 aliphatic rings. The summed E-state index contributed by atoms with van der Waals surface area (Å²) in [7, 11) is 0. The highest BCUT2D eigenvalue weighted by Crippen LogP contribution is 2.44. The molecule has 0 N–H and O–H groups in total. The van der Waals surface area contributed by atoms with Crippen molar-refractivity contribution in [3.63, 3.8) is 0 Å². The number of aromatic nitrogens is 3. The van der Waals surface area contributed by atoms with Crippen molar-refractivity contribution in [2.75, 3.05) is 0 Å². The quantitative estimate of drug-likeness (QED) is 0.181. The lowest BCUT2D eigenvalue weighted by molar-refractivity contribution is 1.33. The highest BCUT2D eigenvalue weighted by atomic mass is 32.1. The normalized spacial score (nSPS) is 11.3. The first-order valence-corrected chi connectivity index (χ1v) is 17.1. The molecule has 4 aromatic heterocycles. The Kier molecular flexibility index (Phi) is 7.34. The number of nitrogens with zero attached hydrogens (tertiary/aromatic N) is 3. The summed E-state index contributed by atoms with van der Waals surface area (Å²) in [5.74, 6) is 0. The minimum absolute atomic E-state index is 1.13. The van der Waals surface area contributed by atoms with E-state index in [4.69, 9.17) is 0 Å². The molecule has 230 valence electrons. The second-order valence-corrected chi connectivity index (χ2v) is 13.2. The third-order valence-electron chi connectivity index (χ3n) is 9.20. The van der Waals surface area contributed by atoms with E-state index in [0.29, 0.717) is 0 Å². The molecule has 4 heteroatoms. The highest BCUT2D eigenvalue weighted by molar-refractivity contribution is 7.26. The molecule has 0 bridgehead atoms. The molecule has 0 radical (unpaired) electrons. The Morgan fingerprint density at radius 2 is 0.735 bits per heavy atom. The lowest BCUT2D eigenvalue weighted by Crippen LogP contribution is -1.87. The van der Waals surface area contributed by atoms with Gasteiger partial charge >= 0.3 is 0 Å². The number of fused-ring (bicyclic) bond motifs is 3. The van der Waals surface area contributed by atoms with Gasteiger partial charge in [-0.15, -0.1) is 11.3 Å².